The Morgan fingerprint density at radius 1 is 1.33 bits per heavy atom. The van der Waals surface area contributed by atoms with Crippen molar-refractivity contribution in [2.45, 2.75) is 26.4 Å². The quantitative estimate of drug-likeness (QED) is 0.758. The van der Waals surface area contributed by atoms with Crippen LogP contribution in [0, 0.1) is 0 Å². The van der Waals surface area contributed by atoms with E-state index in [1.54, 1.807) is 38.1 Å². The van der Waals surface area contributed by atoms with Gasteiger partial charge in [-0.25, -0.2) is 4.79 Å². The summed E-state index contributed by atoms with van der Waals surface area (Å²) in [5.41, 5.74) is 6.91. The highest BCUT2D eigenvalue weighted by Gasteiger charge is 2.17. The summed E-state index contributed by atoms with van der Waals surface area (Å²) in [5.74, 6) is -0.747. The lowest BCUT2D eigenvalue weighted by Gasteiger charge is -2.12. The summed E-state index contributed by atoms with van der Waals surface area (Å²) in [6.07, 6.45) is 0. The number of nitrogens with one attached hydrogen (secondary N) is 1. The van der Waals surface area contributed by atoms with Gasteiger partial charge in [0.2, 0.25) is 0 Å². The Balaban J connectivity index is 2.61. The van der Waals surface area contributed by atoms with Gasteiger partial charge in [0.05, 0.1) is 6.61 Å². The highest BCUT2D eigenvalue weighted by Crippen LogP contribution is 2.04. The maximum Gasteiger partial charge on any atom is 0.328 e. The van der Waals surface area contributed by atoms with Crippen LogP contribution in [0.15, 0.2) is 24.3 Å². The van der Waals surface area contributed by atoms with Gasteiger partial charge in [-0.1, -0.05) is 12.1 Å². The van der Waals surface area contributed by atoms with Gasteiger partial charge in [-0.05, 0) is 31.5 Å². The maximum absolute atomic E-state index is 11.8. The van der Waals surface area contributed by atoms with Gasteiger partial charge in [-0.3, -0.25) is 4.79 Å². The third-order valence-electron chi connectivity index (χ3n) is 2.44. The van der Waals surface area contributed by atoms with E-state index in [4.69, 9.17) is 10.5 Å². The second-order valence-corrected chi connectivity index (χ2v) is 3.85. The van der Waals surface area contributed by atoms with Crippen LogP contribution in [0.3, 0.4) is 0 Å². The molecule has 0 saturated carbocycles. The molecule has 5 nitrogen and oxygen atoms in total. The Kier molecular flexibility index (Phi) is 5.32. The molecule has 5 heteroatoms. The van der Waals surface area contributed by atoms with E-state index in [1.165, 1.54) is 0 Å². The van der Waals surface area contributed by atoms with Crippen LogP contribution < -0.4 is 11.1 Å². The van der Waals surface area contributed by atoms with E-state index >= 15 is 0 Å². The van der Waals surface area contributed by atoms with E-state index in [1.807, 2.05) is 0 Å². The van der Waals surface area contributed by atoms with Crippen molar-refractivity contribution in [3.8, 4) is 0 Å². The lowest BCUT2D eigenvalue weighted by Crippen LogP contribution is -2.39. The van der Waals surface area contributed by atoms with E-state index < -0.39 is 12.0 Å². The van der Waals surface area contributed by atoms with Crippen molar-refractivity contribution in [3.63, 3.8) is 0 Å². The number of amides is 1. The van der Waals surface area contributed by atoms with Gasteiger partial charge in [0.15, 0.2) is 0 Å². The minimum Gasteiger partial charge on any atom is -0.464 e. The van der Waals surface area contributed by atoms with Crippen LogP contribution in [0.4, 0.5) is 0 Å². The number of hydrogen-bond donors (Lipinski definition) is 2. The van der Waals surface area contributed by atoms with Gasteiger partial charge in [0.25, 0.3) is 5.91 Å². The van der Waals surface area contributed by atoms with Crippen LogP contribution >= 0.6 is 0 Å². The van der Waals surface area contributed by atoms with Crippen LogP contribution in [0.25, 0.3) is 0 Å². The summed E-state index contributed by atoms with van der Waals surface area (Å²) in [6.45, 7) is 4.04. The van der Waals surface area contributed by atoms with E-state index in [-0.39, 0.29) is 5.91 Å². The first kappa shape index (κ1) is 14.2. The topological polar surface area (TPSA) is 81.4 Å². The molecule has 18 heavy (non-hydrogen) atoms. The average Bonchev–Trinajstić information content (AvgIpc) is 2.39. The molecular weight excluding hydrogens is 232 g/mol. The van der Waals surface area contributed by atoms with Crippen molar-refractivity contribution in [1.29, 1.82) is 0 Å². The van der Waals surface area contributed by atoms with Crippen LogP contribution in [-0.2, 0) is 16.1 Å². The predicted molar refractivity (Wildman–Crippen MR) is 67.9 cm³/mol. The second kappa shape index (κ2) is 6.76. The molecule has 3 N–H and O–H groups in total. The lowest BCUT2D eigenvalue weighted by molar-refractivity contribution is -0.144. The smallest absolute Gasteiger partial charge is 0.328 e. The highest BCUT2D eigenvalue weighted by atomic mass is 16.5. The molecule has 98 valence electrons. The molecule has 1 aromatic rings. The molecule has 0 fully saturated rings. The number of esters is 1. The number of hydrogen-bond acceptors (Lipinski definition) is 4. The van der Waals surface area contributed by atoms with Gasteiger partial charge in [0.1, 0.15) is 6.04 Å². The fraction of sp³-hybridized carbons (Fsp3) is 0.385. The molecule has 0 radical (unpaired) electrons. The van der Waals surface area contributed by atoms with Crippen LogP contribution in [0.2, 0.25) is 0 Å². The monoisotopic (exact) mass is 250 g/mol. The summed E-state index contributed by atoms with van der Waals surface area (Å²) >= 11 is 0. The number of benzene rings is 1. The Morgan fingerprint density at radius 3 is 2.44 bits per heavy atom. The predicted octanol–water partition coefficient (Wildman–Crippen LogP) is 0.827. The van der Waals surface area contributed by atoms with Gasteiger partial charge >= 0.3 is 5.97 Å². The molecule has 1 aromatic carbocycles. The minimum atomic E-state index is -0.661. The standard InChI is InChI=1S/C13H18N2O3/c1-3-18-13(17)9(2)15-12(16)11-6-4-10(8-14)5-7-11/h4-7,9H,3,8,14H2,1-2H3,(H,15,16). The van der Waals surface area contributed by atoms with E-state index in [0.29, 0.717) is 18.7 Å². The Hall–Kier alpha value is -1.88. The minimum absolute atomic E-state index is 0.296. The molecule has 0 aliphatic rings. The van der Waals surface area contributed by atoms with Crippen LogP contribution in [0.5, 0.6) is 0 Å². The van der Waals surface area contributed by atoms with Crippen molar-refractivity contribution in [1.82, 2.24) is 5.32 Å². The van der Waals surface area contributed by atoms with Gasteiger partial charge in [-0.15, -0.1) is 0 Å². The number of carbonyl (C=O) groups excluding carboxylic acids is 2. The Bertz CT molecular complexity index is 415. The summed E-state index contributed by atoms with van der Waals surface area (Å²) in [5, 5.41) is 2.57. The van der Waals surface area contributed by atoms with Crippen molar-refractivity contribution in [3.05, 3.63) is 35.4 Å². The highest BCUT2D eigenvalue weighted by molar-refractivity contribution is 5.96. The molecule has 1 unspecified atom stereocenters. The first-order valence-corrected chi connectivity index (χ1v) is 5.85. The zero-order chi connectivity index (χ0) is 13.5. The van der Waals surface area contributed by atoms with Gasteiger partial charge in [-0.2, -0.15) is 0 Å². The van der Waals surface area contributed by atoms with Crippen molar-refractivity contribution in [2.24, 2.45) is 5.73 Å². The maximum atomic E-state index is 11.8. The van der Waals surface area contributed by atoms with Crippen molar-refractivity contribution < 1.29 is 14.3 Å². The summed E-state index contributed by atoms with van der Waals surface area (Å²) < 4.78 is 4.81. The molecule has 1 atom stereocenters. The average molecular weight is 250 g/mol. The normalized spacial score (nSPS) is 11.7. The second-order valence-electron chi connectivity index (χ2n) is 3.85. The molecule has 0 bridgehead atoms. The zero-order valence-corrected chi connectivity index (χ0v) is 10.6. The summed E-state index contributed by atoms with van der Waals surface area (Å²) in [6, 6.07) is 6.25. The molecule has 0 aromatic heterocycles. The lowest BCUT2D eigenvalue weighted by atomic mass is 10.1. The number of rotatable bonds is 5. The Labute approximate surface area is 106 Å². The Morgan fingerprint density at radius 2 is 1.94 bits per heavy atom. The fourth-order valence-corrected chi connectivity index (χ4v) is 1.40. The summed E-state index contributed by atoms with van der Waals surface area (Å²) in [7, 11) is 0. The number of nitrogens with two attached hydrogens (primary N) is 1. The van der Waals surface area contributed by atoms with Crippen LogP contribution in [-0.4, -0.2) is 24.5 Å². The molecule has 1 rings (SSSR count). The first-order valence-electron chi connectivity index (χ1n) is 5.85. The molecule has 0 heterocycles. The SMILES string of the molecule is CCOC(=O)C(C)NC(=O)c1ccc(CN)cc1. The third-order valence-corrected chi connectivity index (χ3v) is 2.44. The van der Waals surface area contributed by atoms with Crippen LogP contribution in [0.1, 0.15) is 29.8 Å². The fourth-order valence-electron chi connectivity index (χ4n) is 1.40. The molecule has 0 saturated heterocycles. The molecular formula is C13H18N2O3. The van der Waals surface area contributed by atoms with Crippen molar-refractivity contribution >= 4 is 11.9 Å². The number of carbonyl (C=O) groups is 2. The van der Waals surface area contributed by atoms with E-state index in [2.05, 4.69) is 5.32 Å². The van der Waals surface area contributed by atoms with Gasteiger partial charge < -0.3 is 15.8 Å². The molecule has 1 amide bonds. The summed E-state index contributed by atoms with van der Waals surface area (Å²) in [4.78, 5) is 23.2. The van der Waals surface area contributed by atoms with E-state index in [9.17, 15) is 9.59 Å². The van der Waals surface area contributed by atoms with Gasteiger partial charge in [0, 0.05) is 12.1 Å². The van der Waals surface area contributed by atoms with Crippen molar-refractivity contribution in [2.75, 3.05) is 6.61 Å². The largest absolute Gasteiger partial charge is 0.464 e. The first-order chi connectivity index (χ1) is 8.58. The third kappa shape index (κ3) is 3.85. The zero-order valence-electron chi connectivity index (χ0n) is 10.6. The van der Waals surface area contributed by atoms with E-state index in [0.717, 1.165) is 5.56 Å². The molecule has 0 aliphatic heterocycles. The molecule has 0 spiro atoms. The number of ether oxygens (including phenoxy) is 1. The molecule has 0 aliphatic carbocycles.